The van der Waals surface area contributed by atoms with Gasteiger partial charge in [0.25, 0.3) is 0 Å². The van der Waals surface area contributed by atoms with Gasteiger partial charge in [-0.3, -0.25) is 9.59 Å². The molecule has 280 valence electrons. The second kappa shape index (κ2) is 16.6. The number of carbonyl (C=O) groups is 2. The highest BCUT2D eigenvalue weighted by Gasteiger charge is 2.41. The highest BCUT2D eigenvalue weighted by atomic mass is 16.5. The molecule has 0 fully saturated rings. The Bertz CT molecular complexity index is 2140. The van der Waals surface area contributed by atoms with E-state index in [9.17, 15) is 24.9 Å². The summed E-state index contributed by atoms with van der Waals surface area (Å²) in [5.74, 6) is -0.531. The van der Waals surface area contributed by atoms with Crippen LogP contribution in [-0.2, 0) is 35.3 Å². The van der Waals surface area contributed by atoms with Crippen molar-refractivity contribution in [1.29, 1.82) is 0 Å². The molecule has 4 bridgehead atoms. The molecule has 9 heteroatoms. The van der Waals surface area contributed by atoms with Crippen LogP contribution in [0.3, 0.4) is 0 Å². The number of phenols is 2. The van der Waals surface area contributed by atoms with Crippen LogP contribution < -0.4 is 10.1 Å². The minimum Gasteiger partial charge on any atom is -0.508 e. The van der Waals surface area contributed by atoms with Crippen molar-refractivity contribution in [3.8, 4) is 17.2 Å². The molecule has 6 N–H and O–H groups in total. The molecule has 3 atom stereocenters. The number of nitrogens with one attached hydrogen (secondary N) is 3. The van der Waals surface area contributed by atoms with Gasteiger partial charge in [0.05, 0.1) is 13.0 Å². The van der Waals surface area contributed by atoms with Crippen LogP contribution in [0.25, 0.3) is 6.08 Å². The van der Waals surface area contributed by atoms with E-state index in [4.69, 9.17) is 4.74 Å². The number of aromatic hydroxyl groups is 2. The molecule has 0 unspecified atom stereocenters. The maximum absolute atomic E-state index is 15.0. The van der Waals surface area contributed by atoms with Gasteiger partial charge in [-0.15, -0.1) is 0 Å². The van der Waals surface area contributed by atoms with Gasteiger partial charge in [-0.2, -0.15) is 0 Å². The second-order valence-corrected chi connectivity index (χ2v) is 14.7. The zero-order valence-electron chi connectivity index (χ0n) is 30.7. The molecule has 2 aliphatic rings. The maximum atomic E-state index is 15.0. The van der Waals surface area contributed by atoms with Crippen molar-refractivity contribution in [3.05, 3.63) is 135 Å². The van der Waals surface area contributed by atoms with Gasteiger partial charge in [0.15, 0.2) is 17.3 Å². The van der Waals surface area contributed by atoms with E-state index in [0.29, 0.717) is 37.1 Å². The Balaban J connectivity index is 1.25. The number of unbranched alkanes of at least 4 members (excludes halogenated alkanes) is 1. The first-order chi connectivity index (χ1) is 26.3. The fraction of sp³-hybridized carbons (Fsp3) is 0.333. The standard InChI is InChI=1S/C45H49N3O6/c1-54-41-25-31-12-13-40(51)38(16-19-49)44(53)42-34(26-39-36(15-18-46-39)37(42)11-3-2-6-28-7-5-10-35(50)24-28)27-48-45-32(14-17-47-45)21-29-8-4-9-30(20-29)22-33(23-31)43(41)52/h4-5,7-10,14-15,17-18,20,23-26,37-38,42,46-50,52H,2-3,6,11-13,16,19,21-22,27H2,1H3/t37-,38-,42+/m0/s1. The molecular weight excluding hydrogens is 679 g/mol. The Hall–Kier alpha value is -5.54. The normalized spacial score (nSPS) is 18.9. The van der Waals surface area contributed by atoms with Crippen LogP contribution in [0.1, 0.15) is 82.7 Å². The quantitative estimate of drug-likeness (QED) is 0.0711. The first kappa shape index (κ1) is 36.8. The van der Waals surface area contributed by atoms with Gasteiger partial charge >= 0.3 is 0 Å². The van der Waals surface area contributed by atoms with Gasteiger partial charge in [0.2, 0.25) is 0 Å². The van der Waals surface area contributed by atoms with Gasteiger partial charge in [-0.25, -0.2) is 0 Å². The third-order valence-corrected chi connectivity index (χ3v) is 11.1. The van der Waals surface area contributed by atoms with Crippen LogP contribution in [0.15, 0.2) is 90.8 Å². The number of carbonyl (C=O) groups excluding carboxylic acids is 2. The summed E-state index contributed by atoms with van der Waals surface area (Å²) >= 11 is 0. The number of phenolic OH excluding ortho intramolecular Hbond substituents is 2. The summed E-state index contributed by atoms with van der Waals surface area (Å²) in [6.07, 6.45) is 10.8. The fourth-order valence-corrected chi connectivity index (χ4v) is 8.43. The van der Waals surface area contributed by atoms with Gasteiger partial charge < -0.3 is 35.3 Å². The van der Waals surface area contributed by atoms with Crippen molar-refractivity contribution in [2.45, 2.75) is 63.7 Å². The molecule has 1 aliphatic carbocycles. The lowest BCUT2D eigenvalue weighted by Crippen LogP contribution is -2.37. The Kier molecular flexibility index (Phi) is 11.3. The third-order valence-electron chi connectivity index (χ3n) is 11.1. The molecule has 0 saturated carbocycles. The Morgan fingerprint density at radius 2 is 1.61 bits per heavy atom. The number of Topliss-reactive ketones (excluding diaryl/α,β-unsaturated/α-hetero) is 2. The van der Waals surface area contributed by atoms with E-state index in [1.807, 2.05) is 48.8 Å². The minimum absolute atomic E-state index is 0.0552. The number of rotatable bonds is 8. The average Bonchev–Trinajstić information content (AvgIpc) is 3.83. The summed E-state index contributed by atoms with van der Waals surface area (Å²) in [6, 6.07) is 23.5. The second-order valence-electron chi connectivity index (χ2n) is 14.7. The molecular formula is C45H49N3O6. The smallest absolute Gasteiger partial charge is 0.161 e. The van der Waals surface area contributed by atoms with Crippen molar-refractivity contribution < 1.29 is 29.6 Å². The predicted molar refractivity (Wildman–Crippen MR) is 210 cm³/mol. The number of aryl methyl sites for hydroxylation is 2. The van der Waals surface area contributed by atoms with Crippen LogP contribution in [0.2, 0.25) is 0 Å². The van der Waals surface area contributed by atoms with Crippen LogP contribution >= 0.6 is 0 Å². The van der Waals surface area contributed by atoms with Gasteiger partial charge in [-0.1, -0.05) is 48.9 Å². The lowest BCUT2D eigenvalue weighted by Gasteiger charge is -2.34. The van der Waals surface area contributed by atoms with Crippen molar-refractivity contribution in [2.24, 2.45) is 11.8 Å². The number of benzene rings is 3. The maximum Gasteiger partial charge on any atom is 0.161 e. The average molecular weight is 728 g/mol. The number of aliphatic hydroxyl groups is 1. The first-order valence-corrected chi connectivity index (χ1v) is 19.0. The monoisotopic (exact) mass is 727 g/mol. The zero-order chi connectivity index (χ0) is 37.6. The van der Waals surface area contributed by atoms with E-state index in [-0.39, 0.29) is 48.4 Å². The number of methoxy groups -OCH3 is 1. The number of hydrogen-bond donors (Lipinski definition) is 6. The van der Waals surface area contributed by atoms with E-state index >= 15 is 0 Å². The SMILES string of the molecule is COc1cc2cc(c1O)Cc1cccc(c1)Cc1cc[nH]c1NCC1=Cc3[nH]ccc3[C@H](CCCCc3cccc(O)c3)[C@@H]1C(=O)[C@@H](CCO)C(=O)CC2. The molecule has 9 nitrogen and oxygen atoms in total. The van der Waals surface area contributed by atoms with Crippen LogP contribution in [0.4, 0.5) is 5.82 Å². The number of aromatic nitrogens is 2. The Morgan fingerprint density at radius 1 is 0.815 bits per heavy atom. The number of anilines is 1. The molecule has 3 aromatic carbocycles. The van der Waals surface area contributed by atoms with E-state index < -0.39 is 11.8 Å². The Morgan fingerprint density at radius 3 is 2.41 bits per heavy atom. The molecule has 7 rings (SSSR count). The lowest BCUT2D eigenvalue weighted by molar-refractivity contribution is -0.135. The molecule has 0 saturated heterocycles. The van der Waals surface area contributed by atoms with Gasteiger partial charge in [-0.05, 0) is 113 Å². The van der Waals surface area contributed by atoms with Crippen molar-refractivity contribution in [1.82, 2.24) is 9.97 Å². The van der Waals surface area contributed by atoms with E-state index in [0.717, 1.165) is 76.1 Å². The van der Waals surface area contributed by atoms with Crippen LogP contribution in [0, 0.1) is 11.8 Å². The van der Waals surface area contributed by atoms with Crippen molar-refractivity contribution in [3.63, 3.8) is 0 Å². The summed E-state index contributed by atoms with van der Waals surface area (Å²) in [6.45, 7) is 0.116. The molecule has 5 aromatic rings. The van der Waals surface area contributed by atoms with E-state index in [1.165, 1.54) is 7.11 Å². The third kappa shape index (κ3) is 8.16. The summed E-state index contributed by atoms with van der Waals surface area (Å²) in [7, 11) is 1.52. The van der Waals surface area contributed by atoms with Crippen molar-refractivity contribution >= 4 is 23.5 Å². The summed E-state index contributed by atoms with van der Waals surface area (Å²) in [5, 5.41) is 34.9. The molecule has 54 heavy (non-hydrogen) atoms. The number of hydrogen-bond acceptors (Lipinski definition) is 7. The Labute approximate surface area is 316 Å². The number of H-pyrrole nitrogens is 2. The molecule has 0 radical (unpaired) electrons. The lowest BCUT2D eigenvalue weighted by atomic mass is 9.69. The fourth-order valence-electron chi connectivity index (χ4n) is 8.43. The van der Waals surface area contributed by atoms with E-state index in [2.05, 4.69) is 39.6 Å². The summed E-state index contributed by atoms with van der Waals surface area (Å²) < 4.78 is 5.55. The highest BCUT2D eigenvalue weighted by molar-refractivity contribution is 6.05. The number of ether oxygens (including phenoxy) is 1. The molecule has 0 amide bonds. The number of aliphatic hydroxyl groups excluding tert-OH is 1. The molecule has 3 heterocycles. The number of fused-ring (bicyclic) bond motifs is 7. The van der Waals surface area contributed by atoms with Crippen LogP contribution in [-0.4, -0.2) is 57.1 Å². The van der Waals surface area contributed by atoms with Crippen LogP contribution in [0.5, 0.6) is 17.2 Å². The molecule has 2 aromatic heterocycles. The first-order valence-electron chi connectivity index (χ1n) is 19.0. The number of ketones is 2. The minimum atomic E-state index is -0.971. The predicted octanol–water partition coefficient (Wildman–Crippen LogP) is 7.65. The topological polar surface area (TPSA) is 148 Å². The highest BCUT2D eigenvalue weighted by Crippen LogP contribution is 2.44. The molecule has 1 aliphatic heterocycles. The summed E-state index contributed by atoms with van der Waals surface area (Å²) in [5.41, 5.74) is 8.77. The van der Waals surface area contributed by atoms with Crippen molar-refractivity contribution in [2.75, 3.05) is 25.6 Å². The molecule has 0 spiro atoms. The zero-order valence-corrected chi connectivity index (χ0v) is 30.7. The number of aromatic amines is 2. The van der Waals surface area contributed by atoms with Gasteiger partial charge in [0, 0.05) is 62.0 Å². The van der Waals surface area contributed by atoms with E-state index in [1.54, 1.807) is 18.2 Å². The summed E-state index contributed by atoms with van der Waals surface area (Å²) in [4.78, 5) is 35.9. The van der Waals surface area contributed by atoms with Gasteiger partial charge in [0.1, 0.15) is 17.4 Å². The largest absolute Gasteiger partial charge is 0.508 e.